The van der Waals surface area contributed by atoms with Crippen LogP contribution in [0.5, 0.6) is 0 Å². The minimum Gasteiger partial charge on any atom is -0.369 e. The Kier molecular flexibility index (Phi) is 2.78. The van der Waals surface area contributed by atoms with Crippen LogP contribution in [-0.4, -0.2) is 21.0 Å². The minimum atomic E-state index is -0.216. The van der Waals surface area contributed by atoms with E-state index in [1.807, 2.05) is 20.8 Å². The van der Waals surface area contributed by atoms with E-state index in [2.05, 4.69) is 10.3 Å². The Labute approximate surface area is 83.3 Å². The summed E-state index contributed by atoms with van der Waals surface area (Å²) in [6.07, 6.45) is 3.25. The zero-order valence-electron chi connectivity index (χ0n) is 8.74. The van der Waals surface area contributed by atoms with Gasteiger partial charge in [-0.1, -0.05) is 0 Å². The maximum atomic E-state index is 11.5. The Morgan fingerprint density at radius 2 is 2.29 bits per heavy atom. The molecule has 1 amide bonds. The van der Waals surface area contributed by atoms with Crippen LogP contribution in [0.1, 0.15) is 20.8 Å². The van der Waals surface area contributed by atoms with Crippen LogP contribution in [0.3, 0.4) is 0 Å². The number of aromatic nitrogens is 2. The van der Waals surface area contributed by atoms with Crippen molar-refractivity contribution in [2.24, 2.45) is 0 Å². The van der Waals surface area contributed by atoms with Crippen molar-refractivity contribution in [1.29, 1.82) is 0 Å². The fraction of sp³-hybridized carbons (Fsp3) is 0.556. The van der Waals surface area contributed by atoms with Gasteiger partial charge in [0.2, 0.25) is 11.9 Å². The van der Waals surface area contributed by atoms with Gasteiger partial charge in [-0.25, -0.2) is 4.98 Å². The summed E-state index contributed by atoms with van der Waals surface area (Å²) in [5.41, 5.74) is 5.31. The number of nitrogens with one attached hydrogen (secondary N) is 1. The predicted octanol–water partition coefficient (Wildman–Crippen LogP) is 0.380. The third-order valence-corrected chi connectivity index (χ3v) is 1.58. The highest BCUT2D eigenvalue weighted by molar-refractivity contribution is 5.76. The largest absolute Gasteiger partial charge is 0.369 e. The lowest BCUT2D eigenvalue weighted by atomic mass is 10.1. The summed E-state index contributed by atoms with van der Waals surface area (Å²) in [5.74, 6) is 0.288. The lowest BCUT2D eigenvalue weighted by molar-refractivity contribution is -0.123. The zero-order valence-corrected chi connectivity index (χ0v) is 8.74. The normalized spacial score (nSPS) is 11.4. The van der Waals surface area contributed by atoms with Gasteiger partial charge in [-0.15, -0.1) is 0 Å². The Balaban J connectivity index is 2.54. The molecule has 0 aliphatic carbocycles. The van der Waals surface area contributed by atoms with Crippen molar-refractivity contribution >= 4 is 11.9 Å². The average molecular weight is 196 g/mol. The van der Waals surface area contributed by atoms with Gasteiger partial charge >= 0.3 is 0 Å². The molecule has 3 N–H and O–H groups in total. The first-order valence-electron chi connectivity index (χ1n) is 4.46. The summed E-state index contributed by atoms with van der Waals surface area (Å²) < 4.78 is 1.60. The van der Waals surface area contributed by atoms with E-state index in [1.54, 1.807) is 17.0 Å². The van der Waals surface area contributed by atoms with Crippen LogP contribution in [0.4, 0.5) is 5.95 Å². The summed E-state index contributed by atoms with van der Waals surface area (Å²) in [6, 6.07) is 0. The van der Waals surface area contributed by atoms with Gasteiger partial charge in [0.1, 0.15) is 6.54 Å². The van der Waals surface area contributed by atoms with Gasteiger partial charge < -0.3 is 15.6 Å². The maximum Gasteiger partial charge on any atom is 0.240 e. The highest BCUT2D eigenvalue weighted by Gasteiger charge is 2.14. The van der Waals surface area contributed by atoms with Crippen molar-refractivity contribution in [2.75, 3.05) is 5.73 Å². The molecule has 0 bridgehead atoms. The van der Waals surface area contributed by atoms with Crippen LogP contribution in [0.15, 0.2) is 12.4 Å². The third kappa shape index (κ3) is 3.08. The number of nitrogens with zero attached hydrogens (tertiary/aromatic N) is 2. The number of carbonyl (C=O) groups is 1. The number of anilines is 1. The molecule has 5 nitrogen and oxygen atoms in total. The summed E-state index contributed by atoms with van der Waals surface area (Å²) in [4.78, 5) is 15.3. The van der Waals surface area contributed by atoms with E-state index in [9.17, 15) is 4.79 Å². The summed E-state index contributed by atoms with van der Waals surface area (Å²) >= 11 is 0. The zero-order chi connectivity index (χ0) is 10.8. The Hall–Kier alpha value is -1.52. The number of imidazole rings is 1. The molecule has 0 aromatic carbocycles. The molecule has 0 fully saturated rings. The molecule has 1 aromatic heterocycles. The van der Waals surface area contributed by atoms with Crippen LogP contribution in [0.2, 0.25) is 0 Å². The molecule has 0 saturated heterocycles. The van der Waals surface area contributed by atoms with Crippen LogP contribution in [0.25, 0.3) is 0 Å². The van der Waals surface area contributed by atoms with E-state index in [-0.39, 0.29) is 18.0 Å². The van der Waals surface area contributed by atoms with Crippen LogP contribution in [0, 0.1) is 0 Å². The van der Waals surface area contributed by atoms with E-state index in [0.29, 0.717) is 5.95 Å². The molecule has 0 atom stereocenters. The van der Waals surface area contributed by atoms with Crippen molar-refractivity contribution < 1.29 is 4.79 Å². The van der Waals surface area contributed by atoms with Crippen LogP contribution in [-0.2, 0) is 11.3 Å². The molecule has 1 rings (SSSR count). The standard InChI is InChI=1S/C9H16N4O/c1-9(2,3)12-7(14)6-13-5-4-11-8(13)10/h4-5H,6H2,1-3H3,(H2,10,11)(H,12,14). The molecule has 0 spiro atoms. The maximum absolute atomic E-state index is 11.5. The van der Waals surface area contributed by atoms with Crippen molar-refractivity contribution in [3.8, 4) is 0 Å². The number of carbonyl (C=O) groups excluding carboxylic acids is 1. The SMILES string of the molecule is CC(C)(C)NC(=O)Cn1ccnc1N. The van der Waals surface area contributed by atoms with Crippen molar-refractivity contribution in [2.45, 2.75) is 32.9 Å². The molecule has 5 heteroatoms. The number of hydrogen-bond acceptors (Lipinski definition) is 3. The van der Waals surface area contributed by atoms with Gasteiger partial charge in [-0.05, 0) is 20.8 Å². The van der Waals surface area contributed by atoms with Crippen LogP contribution < -0.4 is 11.1 Å². The van der Waals surface area contributed by atoms with Crippen molar-refractivity contribution in [3.05, 3.63) is 12.4 Å². The van der Waals surface area contributed by atoms with E-state index in [1.165, 1.54) is 0 Å². The van der Waals surface area contributed by atoms with Crippen molar-refractivity contribution in [1.82, 2.24) is 14.9 Å². The first kappa shape index (κ1) is 10.6. The quantitative estimate of drug-likeness (QED) is 0.718. The van der Waals surface area contributed by atoms with Gasteiger partial charge in [0.15, 0.2) is 0 Å². The molecule has 1 heterocycles. The summed E-state index contributed by atoms with van der Waals surface area (Å²) in [6.45, 7) is 6.01. The molecular formula is C9H16N4O. The Morgan fingerprint density at radius 3 is 2.71 bits per heavy atom. The molecule has 0 aliphatic rings. The van der Waals surface area contributed by atoms with Gasteiger partial charge in [0.25, 0.3) is 0 Å². The summed E-state index contributed by atoms with van der Waals surface area (Å²) in [5, 5.41) is 2.84. The number of rotatable bonds is 2. The van der Waals surface area contributed by atoms with Gasteiger partial charge in [0, 0.05) is 17.9 Å². The molecular weight excluding hydrogens is 180 g/mol. The third-order valence-electron chi connectivity index (χ3n) is 1.58. The minimum absolute atomic E-state index is 0.0674. The van der Waals surface area contributed by atoms with E-state index in [0.717, 1.165) is 0 Å². The second kappa shape index (κ2) is 3.69. The van der Waals surface area contributed by atoms with Gasteiger partial charge in [-0.2, -0.15) is 0 Å². The highest BCUT2D eigenvalue weighted by Crippen LogP contribution is 2.01. The fourth-order valence-electron chi connectivity index (χ4n) is 1.09. The van der Waals surface area contributed by atoms with Crippen molar-refractivity contribution in [3.63, 3.8) is 0 Å². The molecule has 0 unspecified atom stereocenters. The first-order chi connectivity index (χ1) is 6.38. The van der Waals surface area contributed by atoms with Gasteiger partial charge in [0.05, 0.1) is 0 Å². The van der Waals surface area contributed by atoms with E-state index >= 15 is 0 Å². The highest BCUT2D eigenvalue weighted by atomic mass is 16.2. The first-order valence-corrected chi connectivity index (χ1v) is 4.46. The van der Waals surface area contributed by atoms with Gasteiger partial charge in [-0.3, -0.25) is 4.79 Å². The molecule has 0 aliphatic heterocycles. The molecule has 0 radical (unpaired) electrons. The number of nitrogen functional groups attached to an aromatic ring is 1. The van der Waals surface area contributed by atoms with Crippen LogP contribution >= 0.6 is 0 Å². The second-order valence-electron chi connectivity index (χ2n) is 4.21. The Morgan fingerprint density at radius 1 is 1.64 bits per heavy atom. The summed E-state index contributed by atoms with van der Waals surface area (Å²) in [7, 11) is 0. The molecule has 1 aromatic rings. The molecule has 78 valence electrons. The average Bonchev–Trinajstić information content (AvgIpc) is 2.32. The number of amides is 1. The van der Waals surface area contributed by atoms with E-state index < -0.39 is 0 Å². The monoisotopic (exact) mass is 196 g/mol. The molecule has 0 saturated carbocycles. The predicted molar refractivity (Wildman–Crippen MR) is 54.5 cm³/mol. The lowest BCUT2D eigenvalue weighted by Gasteiger charge is -2.20. The fourth-order valence-corrected chi connectivity index (χ4v) is 1.09. The smallest absolute Gasteiger partial charge is 0.240 e. The lowest BCUT2D eigenvalue weighted by Crippen LogP contribution is -2.42. The number of hydrogen-bond donors (Lipinski definition) is 2. The second-order valence-corrected chi connectivity index (χ2v) is 4.21. The number of nitrogens with two attached hydrogens (primary N) is 1. The van der Waals surface area contributed by atoms with E-state index in [4.69, 9.17) is 5.73 Å². The Bertz CT molecular complexity index is 324. The topological polar surface area (TPSA) is 72.9 Å². The molecule has 14 heavy (non-hydrogen) atoms.